The minimum Gasteiger partial charge on any atom is -0.482 e. The fourth-order valence-corrected chi connectivity index (χ4v) is 3.18. The van der Waals surface area contributed by atoms with E-state index in [2.05, 4.69) is 24.5 Å². The van der Waals surface area contributed by atoms with Crippen molar-refractivity contribution < 1.29 is 23.9 Å². The molecule has 2 aromatic carbocycles. The molecule has 1 aliphatic rings. The quantitative estimate of drug-likeness (QED) is 0.600. The second-order valence-corrected chi connectivity index (χ2v) is 7.96. The molecule has 1 aliphatic carbocycles. The Bertz CT molecular complexity index is 966. The summed E-state index contributed by atoms with van der Waals surface area (Å²) in [6, 6.07) is 12.6. The van der Waals surface area contributed by atoms with Crippen LogP contribution >= 0.6 is 0 Å². The van der Waals surface area contributed by atoms with Gasteiger partial charge in [-0.1, -0.05) is 32.0 Å². The summed E-state index contributed by atoms with van der Waals surface area (Å²) in [4.78, 5) is 36.4. The van der Waals surface area contributed by atoms with Crippen LogP contribution in [0.4, 0.5) is 5.69 Å². The van der Waals surface area contributed by atoms with Crippen LogP contribution in [0.5, 0.6) is 5.75 Å². The third kappa shape index (κ3) is 6.57. The summed E-state index contributed by atoms with van der Waals surface area (Å²) in [5.74, 6) is -0.443. The number of para-hydroxylation sites is 1. The summed E-state index contributed by atoms with van der Waals surface area (Å²) < 4.78 is 10.5. The van der Waals surface area contributed by atoms with E-state index in [9.17, 15) is 14.4 Å². The van der Waals surface area contributed by atoms with Crippen molar-refractivity contribution in [3.63, 3.8) is 0 Å². The van der Waals surface area contributed by atoms with Crippen LogP contribution in [0.3, 0.4) is 0 Å². The molecular weight excluding hydrogens is 396 g/mol. The molecule has 2 aromatic rings. The number of anilines is 1. The molecule has 0 aliphatic heterocycles. The molecule has 3 rings (SSSR count). The number of hydrogen-bond donors (Lipinski definition) is 2. The lowest BCUT2D eigenvalue weighted by Crippen LogP contribution is -2.28. The van der Waals surface area contributed by atoms with Gasteiger partial charge in [-0.05, 0) is 61.1 Å². The van der Waals surface area contributed by atoms with Crippen LogP contribution in [-0.4, -0.2) is 37.0 Å². The van der Waals surface area contributed by atoms with Crippen molar-refractivity contribution in [2.24, 2.45) is 0 Å². The van der Waals surface area contributed by atoms with Gasteiger partial charge in [0.15, 0.2) is 13.2 Å². The Morgan fingerprint density at radius 1 is 1.06 bits per heavy atom. The van der Waals surface area contributed by atoms with Crippen LogP contribution in [0.15, 0.2) is 42.5 Å². The normalized spacial score (nSPS) is 12.9. The van der Waals surface area contributed by atoms with E-state index < -0.39 is 18.5 Å². The van der Waals surface area contributed by atoms with E-state index in [1.54, 1.807) is 24.3 Å². The SMILES string of the molecule is Cc1cc(OCC(=O)OCC(=O)Nc2ccccc2C(=O)NC2CC2)ccc1C(C)C. The first kappa shape index (κ1) is 22.3. The number of carbonyl (C=O) groups excluding carboxylic acids is 3. The van der Waals surface area contributed by atoms with Crippen molar-refractivity contribution in [3.05, 3.63) is 59.2 Å². The number of amides is 2. The zero-order chi connectivity index (χ0) is 22.4. The molecule has 0 spiro atoms. The number of aryl methyl sites for hydroxylation is 1. The lowest BCUT2D eigenvalue weighted by atomic mass is 9.98. The van der Waals surface area contributed by atoms with Crippen molar-refractivity contribution in [1.29, 1.82) is 0 Å². The van der Waals surface area contributed by atoms with Gasteiger partial charge in [0.25, 0.3) is 11.8 Å². The maximum atomic E-state index is 12.3. The molecule has 7 heteroatoms. The van der Waals surface area contributed by atoms with Crippen LogP contribution in [0.25, 0.3) is 0 Å². The van der Waals surface area contributed by atoms with Gasteiger partial charge in [-0.2, -0.15) is 0 Å². The zero-order valence-corrected chi connectivity index (χ0v) is 18.1. The smallest absolute Gasteiger partial charge is 0.344 e. The molecule has 7 nitrogen and oxygen atoms in total. The Morgan fingerprint density at radius 2 is 1.81 bits per heavy atom. The average molecular weight is 424 g/mol. The molecule has 0 saturated heterocycles. The average Bonchev–Trinajstić information content (AvgIpc) is 3.54. The summed E-state index contributed by atoms with van der Waals surface area (Å²) in [6.45, 7) is 5.46. The zero-order valence-electron chi connectivity index (χ0n) is 18.1. The van der Waals surface area contributed by atoms with Crippen molar-refractivity contribution in [2.45, 2.75) is 45.6 Å². The van der Waals surface area contributed by atoms with E-state index in [1.807, 2.05) is 25.1 Å². The molecule has 2 N–H and O–H groups in total. The first-order valence-corrected chi connectivity index (χ1v) is 10.4. The first-order valence-electron chi connectivity index (χ1n) is 10.4. The molecule has 1 fully saturated rings. The molecule has 0 bridgehead atoms. The third-order valence-corrected chi connectivity index (χ3v) is 4.94. The Balaban J connectivity index is 1.46. The van der Waals surface area contributed by atoms with Crippen molar-refractivity contribution in [1.82, 2.24) is 5.32 Å². The summed E-state index contributed by atoms with van der Waals surface area (Å²) in [6.07, 6.45) is 1.94. The second-order valence-electron chi connectivity index (χ2n) is 7.96. The topological polar surface area (TPSA) is 93.7 Å². The monoisotopic (exact) mass is 424 g/mol. The molecule has 0 radical (unpaired) electrons. The highest BCUT2D eigenvalue weighted by Gasteiger charge is 2.25. The van der Waals surface area contributed by atoms with Crippen molar-refractivity contribution >= 4 is 23.5 Å². The first-order chi connectivity index (χ1) is 14.8. The Labute approximate surface area is 182 Å². The lowest BCUT2D eigenvalue weighted by molar-refractivity contribution is -0.149. The number of carbonyl (C=O) groups is 3. The van der Waals surface area contributed by atoms with Gasteiger partial charge in [-0.25, -0.2) is 4.79 Å². The summed E-state index contributed by atoms with van der Waals surface area (Å²) >= 11 is 0. The van der Waals surface area contributed by atoms with Gasteiger partial charge < -0.3 is 20.1 Å². The van der Waals surface area contributed by atoms with E-state index in [-0.39, 0.29) is 18.6 Å². The highest BCUT2D eigenvalue weighted by Crippen LogP contribution is 2.24. The highest BCUT2D eigenvalue weighted by molar-refractivity contribution is 6.04. The molecule has 164 valence electrons. The molecule has 0 aromatic heterocycles. The molecule has 0 heterocycles. The Hall–Kier alpha value is -3.35. The number of nitrogens with one attached hydrogen (secondary N) is 2. The maximum absolute atomic E-state index is 12.3. The van der Waals surface area contributed by atoms with Crippen LogP contribution in [0.1, 0.15) is 54.1 Å². The third-order valence-electron chi connectivity index (χ3n) is 4.94. The van der Waals surface area contributed by atoms with E-state index >= 15 is 0 Å². The van der Waals surface area contributed by atoms with Gasteiger partial charge in [0.1, 0.15) is 5.75 Å². The van der Waals surface area contributed by atoms with E-state index in [0.29, 0.717) is 22.9 Å². The fraction of sp³-hybridized carbons (Fsp3) is 0.375. The molecule has 0 atom stereocenters. The van der Waals surface area contributed by atoms with Gasteiger partial charge in [-0.3, -0.25) is 9.59 Å². The number of rotatable bonds is 9. The number of hydrogen-bond acceptors (Lipinski definition) is 5. The van der Waals surface area contributed by atoms with Crippen LogP contribution in [-0.2, 0) is 14.3 Å². The van der Waals surface area contributed by atoms with Crippen molar-refractivity contribution in [2.75, 3.05) is 18.5 Å². The van der Waals surface area contributed by atoms with Crippen LogP contribution in [0, 0.1) is 6.92 Å². The minimum atomic E-state index is -0.652. The summed E-state index contributed by atoms with van der Waals surface area (Å²) in [5, 5.41) is 5.51. The summed E-state index contributed by atoms with van der Waals surface area (Å²) in [5.41, 5.74) is 3.05. The van der Waals surface area contributed by atoms with Gasteiger partial charge in [0.2, 0.25) is 0 Å². The number of esters is 1. The molecule has 0 unspecified atom stereocenters. The second kappa shape index (κ2) is 10.1. The standard InChI is InChI=1S/C24H28N2O5/c1-15(2)19-11-10-18(12-16(19)3)30-14-23(28)31-13-22(27)26-21-7-5-4-6-20(21)24(29)25-17-8-9-17/h4-7,10-12,15,17H,8-9,13-14H2,1-3H3,(H,25,29)(H,26,27). The van der Waals surface area contributed by atoms with E-state index in [1.165, 1.54) is 5.56 Å². The predicted octanol–water partition coefficient (Wildman–Crippen LogP) is 3.57. The predicted molar refractivity (Wildman–Crippen MR) is 117 cm³/mol. The minimum absolute atomic E-state index is 0.211. The highest BCUT2D eigenvalue weighted by atomic mass is 16.6. The fourth-order valence-electron chi connectivity index (χ4n) is 3.18. The van der Waals surface area contributed by atoms with Gasteiger partial charge in [0.05, 0.1) is 11.3 Å². The molecule has 1 saturated carbocycles. The molecule has 31 heavy (non-hydrogen) atoms. The Morgan fingerprint density at radius 3 is 2.48 bits per heavy atom. The maximum Gasteiger partial charge on any atom is 0.344 e. The Kier molecular flexibility index (Phi) is 7.28. The largest absolute Gasteiger partial charge is 0.482 e. The molecular formula is C24H28N2O5. The lowest BCUT2D eigenvalue weighted by Gasteiger charge is -2.13. The van der Waals surface area contributed by atoms with E-state index in [0.717, 1.165) is 18.4 Å². The van der Waals surface area contributed by atoms with Crippen molar-refractivity contribution in [3.8, 4) is 5.75 Å². The van der Waals surface area contributed by atoms with Gasteiger partial charge >= 0.3 is 5.97 Å². The van der Waals surface area contributed by atoms with E-state index in [4.69, 9.17) is 9.47 Å². The van der Waals surface area contributed by atoms with Gasteiger partial charge in [0, 0.05) is 6.04 Å². The van der Waals surface area contributed by atoms with Crippen LogP contribution in [0.2, 0.25) is 0 Å². The van der Waals surface area contributed by atoms with Crippen LogP contribution < -0.4 is 15.4 Å². The number of benzene rings is 2. The molecule has 2 amide bonds. The van der Waals surface area contributed by atoms with Gasteiger partial charge in [-0.15, -0.1) is 0 Å². The summed E-state index contributed by atoms with van der Waals surface area (Å²) in [7, 11) is 0. The number of ether oxygens (including phenoxy) is 2.